The number of likely N-dealkylation sites (N-methyl/N-ethyl adjacent to an activating group) is 1. The van der Waals surface area contributed by atoms with Crippen LogP contribution in [0.3, 0.4) is 0 Å². The van der Waals surface area contributed by atoms with E-state index in [0.717, 1.165) is 32.8 Å². The molecule has 0 atom stereocenters. The Kier molecular flexibility index (Phi) is 6.43. The normalized spacial score (nSPS) is 11.2. The first-order valence-corrected chi connectivity index (χ1v) is 10.2. The fourth-order valence-electron chi connectivity index (χ4n) is 2.87. The number of hydrogen-bond acceptors (Lipinski definition) is 6. The van der Waals surface area contributed by atoms with Crippen molar-refractivity contribution in [1.29, 1.82) is 0 Å². The van der Waals surface area contributed by atoms with Crippen molar-refractivity contribution < 1.29 is 4.79 Å². The summed E-state index contributed by atoms with van der Waals surface area (Å²) in [6, 6.07) is 7.58. The molecular weight excluding hydrogens is 396 g/mol. The third kappa shape index (κ3) is 5.15. The Labute approximate surface area is 173 Å². The second-order valence-electron chi connectivity index (χ2n) is 6.59. The number of nitrogens with zero attached hydrogens (tertiary/aromatic N) is 5. The van der Waals surface area contributed by atoms with Crippen molar-refractivity contribution in [3.05, 3.63) is 50.6 Å². The standard InChI is InChI=1S/C19H23ClN6OS/c1-5-25(10-15-6-7-16(20)28-15)11-18(27)23-17-9-14(4)24-26(17)19-21-12(2)8-13(3)22-19/h6-9H,5,10-11H2,1-4H3,(H,23,27). The fourth-order valence-corrected chi connectivity index (χ4v) is 4.00. The van der Waals surface area contributed by atoms with E-state index in [1.165, 1.54) is 11.3 Å². The lowest BCUT2D eigenvalue weighted by Gasteiger charge is -2.19. The van der Waals surface area contributed by atoms with Gasteiger partial charge in [-0.15, -0.1) is 11.3 Å². The number of halogens is 1. The van der Waals surface area contributed by atoms with Crippen molar-refractivity contribution in [1.82, 2.24) is 24.6 Å². The van der Waals surface area contributed by atoms with Gasteiger partial charge >= 0.3 is 0 Å². The Morgan fingerprint density at radius 2 is 1.89 bits per heavy atom. The van der Waals surface area contributed by atoms with Crippen molar-refractivity contribution in [3.63, 3.8) is 0 Å². The van der Waals surface area contributed by atoms with E-state index < -0.39 is 0 Å². The third-order valence-electron chi connectivity index (χ3n) is 4.08. The van der Waals surface area contributed by atoms with Crippen LogP contribution in [0.4, 0.5) is 5.82 Å². The molecular formula is C19H23ClN6OS. The van der Waals surface area contributed by atoms with E-state index in [2.05, 4.69) is 25.3 Å². The van der Waals surface area contributed by atoms with Crippen LogP contribution in [0.15, 0.2) is 24.3 Å². The van der Waals surface area contributed by atoms with Gasteiger partial charge in [0.25, 0.3) is 5.95 Å². The summed E-state index contributed by atoms with van der Waals surface area (Å²) in [6.07, 6.45) is 0. The number of rotatable bonds is 7. The quantitative estimate of drug-likeness (QED) is 0.632. The number of aromatic nitrogens is 4. The van der Waals surface area contributed by atoms with Gasteiger partial charge in [0.2, 0.25) is 5.91 Å². The van der Waals surface area contributed by atoms with E-state index >= 15 is 0 Å². The summed E-state index contributed by atoms with van der Waals surface area (Å²) in [7, 11) is 0. The largest absolute Gasteiger partial charge is 0.309 e. The monoisotopic (exact) mass is 418 g/mol. The first kappa shape index (κ1) is 20.4. The molecule has 0 aromatic carbocycles. The minimum atomic E-state index is -0.116. The summed E-state index contributed by atoms with van der Waals surface area (Å²) in [4.78, 5) is 24.7. The van der Waals surface area contributed by atoms with Gasteiger partial charge in [0, 0.05) is 28.9 Å². The zero-order valence-electron chi connectivity index (χ0n) is 16.4. The molecule has 28 heavy (non-hydrogen) atoms. The molecule has 0 aliphatic carbocycles. The molecule has 0 saturated carbocycles. The molecule has 0 radical (unpaired) electrons. The predicted molar refractivity (Wildman–Crippen MR) is 112 cm³/mol. The molecule has 1 N–H and O–H groups in total. The molecule has 1 amide bonds. The first-order chi connectivity index (χ1) is 13.3. The number of carbonyl (C=O) groups excluding carboxylic acids is 1. The van der Waals surface area contributed by atoms with Crippen LogP contribution in [0.25, 0.3) is 5.95 Å². The Morgan fingerprint density at radius 1 is 1.18 bits per heavy atom. The number of nitrogens with one attached hydrogen (secondary N) is 1. The molecule has 0 bridgehead atoms. The van der Waals surface area contributed by atoms with Crippen LogP contribution in [0.2, 0.25) is 4.34 Å². The van der Waals surface area contributed by atoms with Gasteiger partial charge in [-0.3, -0.25) is 9.69 Å². The highest BCUT2D eigenvalue weighted by molar-refractivity contribution is 7.16. The molecule has 0 aliphatic rings. The Bertz CT molecular complexity index is 962. The minimum absolute atomic E-state index is 0.116. The van der Waals surface area contributed by atoms with Gasteiger partial charge in [-0.2, -0.15) is 9.78 Å². The average molecular weight is 419 g/mol. The van der Waals surface area contributed by atoms with Gasteiger partial charge in [-0.25, -0.2) is 9.97 Å². The van der Waals surface area contributed by atoms with Crippen LogP contribution < -0.4 is 5.32 Å². The molecule has 0 aliphatic heterocycles. The molecule has 3 aromatic heterocycles. The van der Waals surface area contributed by atoms with Crippen LogP contribution in [-0.2, 0) is 11.3 Å². The highest BCUT2D eigenvalue weighted by Crippen LogP contribution is 2.22. The van der Waals surface area contributed by atoms with E-state index in [1.807, 2.05) is 52.0 Å². The van der Waals surface area contributed by atoms with Crippen molar-refractivity contribution in [2.24, 2.45) is 0 Å². The summed E-state index contributed by atoms with van der Waals surface area (Å²) in [5, 5.41) is 7.38. The first-order valence-electron chi connectivity index (χ1n) is 8.99. The van der Waals surface area contributed by atoms with Gasteiger partial charge in [0.05, 0.1) is 16.6 Å². The highest BCUT2D eigenvalue weighted by atomic mass is 35.5. The Hall–Kier alpha value is -2.29. The second kappa shape index (κ2) is 8.81. The molecule has 3 rings (SSSR count). The van der Waals surface area contributed by atoms with E-state index in [1.54, 1.807) is 4.68 Å². The number of anilines is 1. The maximum Gasteiger partial charge on any atom is 0.252 e. The molecule has 9 heteroatoms. The molecule has 7 nitrogen and oxygen atoms in total. The summed E-state index contributed by atoms with van der Waals surface area (Å²) in [5.41, 5.74) is 2.47. The van der Waals surface area contributed by atoms with E-state index in [9.17, 15) is 4.79 Å². The Balaban J connectivity index is 1.73. The fraction of sp³-hybridized carbons (Fsp3) is 0.368. The Morgan fingerprint density at radius 3 is 2.50 bits per heavy atom. The molecule has 0 spiro atoms. The number of hydrogen-bond donors (Lipinski definition) is 1. The number of thiophene rings is 1. The molecule has 3 aromatic rings. The van der Waals surface area contributed by atoms with Gasteiger partial charge in [0.15, 0.2) is 0 Å². The smallest absolute Gasteiger partial charge is 0.252 e. The summed E-state index contributed by atoms with van der Waals surface area (Å²) in [6.45, 7) is 9.41. The van der Waals surface area contributed by atoms with E-state index in [0.29, 0.717) is 18.3 Å². The van der Waals surface area contributed by atoms with Crippen molar-refractivity contribution >= 4 is 34.7 Å². The van der Waals surface area contributed by atoms with Crippen LogP contribution in [0.1, 0.15) is 28.9 Å². The average Bonchev–Trinajstić information content (AvgIpc) is 3.18. The lowest BCUT2D eigenvalue weighted by Crippen LogP contribution is -2.33. The summed E-state index contributed by atoms with van der Waals surface area (Å²) < 4.78 is 2.33. The van der Waals surface area contributed by atoms with Gasteiger partial charge in [-0.05, 0) is 45.5 Å². The van der Waals surface area contributed by atoms with Gasteiger partial charge in [-0.1, -0.05) is 18.5 Å². The van der Waals surface area contributed by atoms with Gasteiger partial charge in [0.1, 0.15) is 5.82 Å². The van der Waals surface area contributed by atoms with Crippen LogP contribution in [-0.4, -0.2) is 43.6 Å². The molecule has 3 heterocycles. The molecule has 0 fully saturated rings. The summed E-state index contributed by atoms with van der Waals surface area (Å²) in [5.74, 6) is 0.888. The van der Waals surface area contributed by atoms with E-state index in [4.69, 9.17) is 11.6 Å². The number of carbonyl (C=O) groups is 1. The maximum atomic E-state index is 12.6. The number of amides is 1. The minimum Gasteiger partial charge on any atom is -0.309 e. The van der Waals surface area contributed by atoms with Crippen molar-refractivity contribution in [2.45, 2.75) is 34.2 Å². The second-order valence-corrected chi connectivity index (χ2v) is 8.39. The predicted octanol–water partition coefficient (Wildman–Crippen LogP) is 3.76. The van der Waals surface area contributed by atoms with E-state index in [-0.39, 0.29) is 12.5 Å². The number of aryl methyl sites for hydroxylation is 3. The van der Waals surface area contributed by atoms with Crippen molar-refractivity contribution in [3.8, 4) is 5.95 Å². The lowest BCUT2D eigenvalue weighted by molar-refractivity contribution is -0.117. The molecule has 0 saturated heterocycles. The lowest BCUT2D eigenvalue weighted by atomic mass is 10.3. The third-order valence-corrected chi connectivity index (χ3v) is 5.30. The zero-order chi connectivity index (χ0) is 20.3. The van der Waals surface area contributed by atoms with Crippen LogP contribution >= 0.6 is 22.9 Å². The molecule has 148 valence electrons. The van der Waals surface area contributed by atoms with Crippen LogP contribution in [0, 0.1) is 20.8 Å². The summed E-state index contributed by atoms with van der Waals surface area (Å²) >= 11 is 7.53. The SMILES string of the molecule is CCN(CC(=O)Nc1cc(C)nn1-c1nc(C)cc(C)n1)Cc1ccc(Cl)s1. The maximum absolute atomic E-state index is 12.6. The highest BCUT2D eigenvalue weighted by Gasteiger charge is 2.16. The zero-order valence-corrected chi connectivity index (χ0v) is 17.9. The topological polar surface area (TPSA) is 75.9 Å². The van der Waals surface area contributed by atoms with Crippen molar-refractivity contribution in [2.75, 3.05) is 18.4 Å². The van der Waals surface area contributed by atoms with Gasteiger partial charge < -0.3 is 5.32 Å². The van der Waals surface area contributed by atoms with Crippen LogP contribution in [0.5, 0.6) is 0 Å². The molecule has 0 unspecified atom stereocenters.